The van der Waals surface area contributed by atoms with Crippen molar-refractivity contribution in [2.45, 2.75) is 57.9 Å². The summed E-state index contributed by atoms with van der Waals surface area (Å²) in [6.45, 7) is 5.75. The fraction of sp³-hybridized carbons (Fsp3) is 1.00. The van der Waals surface area contributed by atoms with Gasteiger partial charge < -0.3 is 10.6 Å². The molecule has 2 fully saturated rings. The van der Waals surface area contributed by atoms with Crippen LogP contribution in [0.2, 0.25) is 0 Å². The molecule has 0 radical (unpaired) electrons. The molecule has 1 saturated carbocycles. The number of hydrogen-bond acceptors (Lipinski definition) is 2. The molecule has 1 aliphatic heterocycles. The van der Waals surface area contributed by atoms with Crippen molar-refractivity contribution in [3.05, 3.63) is 0 Å². The van der Waals surface area contributed by atoms with E-state index in [0.717, 1.165) is 24.4 Å². The third-order valence-corrected chi connectivity index (χ3v) is 4.77. The summed E-state index contributed by atoms with van der Waals surface area (Å²) in [6.07, 6.45) is 9.96. The molecule has 2 N–H and O–H groups in total. The summed E-state index contributed by atoms with van der Waals surface area (Å²) in [5, 5.41) is 0. The average molecular weight is 224 g/mol. The molecule has 2 aliphatic rings. The van der Waals surface area contributed by atoms with Crippen LogP contribution < -0.4 is 5.73 Å². The van der Waals surface area contributed by atoms with Gasteiger partial charge in [-0.25, -0.2) is 0 Å². The number of nitrogens with two attached hydrogens (primary N) is 1. The molecule has 2 atom stereocenters. The Morgan fingerprint density at radius 1 is 1.06 bits per heavy atom. The number of likely N-dealkylation sites (tertiary alicyclic amines) is 1. The standard InChI is InChI=1S/C14H28N2/c1-2-16-10-6-5-9-13(11-15)14(16)12-7-3-4-8-12/h12-14H,2-11,15H2,1H3/t13-,14-/m1/s1. The summed E-state index contributed by atoms with van der Waals surface area (Å²) in [4.78, 5) is 2.74. The van der Waals surface area contributed by atoms with Gasteiger partial charge in [0.05, 0.1) is 0 Å². The predicted molar refractivity (Wildman–Crippen MR) is 69.4 cm³/mol. The van der Waals surface area contributed by atoms with Crippen LogP contribution in [-0.2, 0) is 0 Å². The second-order valence-electron chi connectivity index (χ2n) is 5.66. The van der Waals surface area contributed by atoms with Crippen LogP contribution in [0.5, 0.6) is 0 Å². The maximum atomic E-state index is 6.02. The van der Waals surface area contributed by atoms with Crippen molar-refractivity contribution in [3.63, 3.8) is 0 Å². The normalized spacial score (nSPS) is 34.1. The first-order valence-electron chi connectivity index (χ1n) is 7.31. The second-order valence-corrected chi connectivity index (χ2v) is 5.66. The molecule has 0 aromatic carbocycles. The van der Waals surface area contributed by atoms with Gasteiger partial charge in [0, 0.05) is 6.04 Å². The highest BCUT2D eigenvalue weighted by molar-refractivity contribution is 4.89. The molecule has 2 heteroatoms. The van der Waals surface area contributed by atoms with Crippen LogP contribution in [0, 0.1) is 11.8 Å². The molecule has 2 rings (SSSR count). The van der Waals surface area contributed by atoms with Gasteiger partial charge in [0.15, 0.2) is 0 Å². The number of hydrogen-bond donors (Lipinski definition) is 1. The Hall–Kier alpha value is -0.0800. The van der Waals surface area contributed by atoms with E-state index in [-0.39, 0.29) is 0 Å². The first-order valence-corrected chi connectivity index (χ1v) is 7.31. The molecule has 1 aliphatic carbocycles. The molecule has 1 saturated heterocycles. The number of rotatable bonds is 3. The molecular weight excluding hydrogens is 196 g/mol. The molecule has 2 nitrogen and oxygen atoms in total. The molecular formula is C14H28N2. The molecule has 0 amide bonds. The van der Waals surface area contributed by atoms with Gasteiger partial charge in [-0.3, -0.25) is 0 Å². The van der Waals surface area contributed by atoms with Crippen LogP contribution in [-0.4, -0.2) is 30.6 Å². The summed E-state index contributed by atoms with van der Waals surface area (Å²) in [6, 6.07) is 0.806. The van der Waals surface area contributed by atoms with Gasteiger partial charge in [0.25, 0.3) is 0 Å². The number of nitrogens with zero attached hydrogens (tertiary/aromatic N) is 1. The summed E-state index contributed by atoms with van der Waals surface area (Å²) in [7, 11) is 0. The lowest BCUT2D eigenvalue weighted by molar-refractivity contribution is 0.109. The third kappa shape index (κ3) is 2.60. The topological polar surface area (TPSA) is 29.3 Å². The van der Waals surface area contributed by atoms with Crippen molar-refractivity contribution < 1.29 is 0 Å². The quantitative estimate of drug-likeness (QED) is 0.798. The van der Waals surface area contributed by atoms with E-state index in [4.69, 9.17) is 5.73 Å². The van der Waals surface area contributed by atoms with Crippen LogP contribution in [0.15, 0.2) is 0 Å². The van der Waals surface area contributed by atoms with Gasteiger partial charge in [0.2, 0.25) is 0 Å². The van der Waals surface area contributed by atoms with Crippen LogP contribution in [0.1, 0.15) is 51.9 Å². The van der Waals surface area contributed by atoms with Crippen LogP contribution >= 0.6 is 0 Å². The molecule has 0 aromatic rings. The minimum Gasteiger partial charge on any atom is -0.330 e. The highest BCUT2D eigenvalue weighted by atomic mass is 15.2. The zero-order valence-electron chi connectivity index (χ0n) is 10.8. The maximum absolute atomic E-state index is 6.02. The van der Waals surface area contributed by atoms with Gasteiger partial charge in [-0.15, -0.1) is 0 Å². The van der Waals surface area contributed by atoms with Gasteiger partial charge in [-0.2, -0.15) is 0 Å². The monoisotopic (exact) mass is 224 g/mol. The fourth-order valence-corrected chi connectivity index (χ4v) is 3.95. The molecule has 0 bridgehead atoms. The van der Waals surface area contributed by atoms with E-state index in [2.05, 4.69) is 11.8 Å². The SMILES string of the molecule is CCN1CCCC[C@H](CN)[C@H]1C1CCCC1. The molecule has 1 heterocycles. The van der Waals surface area contributed by atoms with E-state index >= 15 is 0 Å². The Labute approximate surface area is 101 Å². The van der Waals surface area contributed by atoms with Crippen molar-refractivity contribution in [3.8, 4) is 0 Å². The molecule has 94 valence electrons. The summed E-state index contributed by atoms with van der Waals surface area (Å²) < 4.78 is 0. The Balaban J connectivity index is 2.09. The van der Waals surface area contributed by atoms with Crippen molar-refractivity contribution in [1.29, 1.82) is 0 Å². The first kappa shape index (κ1) is 12.4. The average Bonchev–Trinajstić information content (AvgIpc) is 2.75. The molecule has 0 unspecified atom stereocenters. The van der Waals surface area contributed by atoms with E-state index in [0.29, 0.717) is 0 Å². The molecule has 0 spiro atoms. The van der Waals surface area contributed by atoms with E-state index in [1.54, 1.807) is 0 Å². The zero-order valence-corrected chi connectivity index (χ0v) is 10.8. The molecule has 0 aromatic heterocycles. The fourth-order valence-electron chi connectivity index (χ4n) is 3.95. The Morgan fingerprint density at radius 2 is 1.75 bits per heavy atom. The lowest BCUT2D eigenvalue weighted by Crippen LogP contribution is -2.46. The minimum absolute atomic E-state index is 0.769. The second kappa shape index (κ2) is 6.02. The summed E-state index contributed by atoms with van der Waals surface area (Å²) in [5.41, 5.74) is 6.02. The van der Waals surface area contributed by atoms with Crippen molar-refractivity contribution in [2.75, 3.05) is 19.6 Å². The van der Waals surface area contributed by atoms with Crippen LogP contribution in [0.3, 0.4) is 0 Å². The Morgan fingerprint density at radius 3 is 2.38 bits per heavy atom. The predicted octanol–water partition coefficient (Wildman–Crippen LogP) is 2.63. The third-order valence-electron chi connectivity index (χ3n) is 4.77. The van der Waals surface area contributed by atoms with Crippen molar-refractivity contribution in [1.82, 2.24) is 4.90 Å². The van der Waals surface area contributed by atoms with Gasteiger partial charge in [-0.05, 0) is 57.2 Å². The highest BCUT2D eigenvalue weighted by Gasteiger charge is 2.35. The Bertz CT molecular complexity index is 185. The lowest BCUT2D eigenvalue weighted by Gasteiger charge is -2.38. The molecule has 16 heavy (non-hydrogen) atoms. The first-order chi connectivity index (χ1) is 7.86. The zero-order chi connectivity index (χ0) is 11.4. The summed E-state index contributed by atoms with van der Waals surface area (Å²) in [5.74, 6) is 1.72. The van der Waals surface area contributed by atoms with E-state index in [1.165, 1.54) is 58.0 Å². The van der Waals surface area contributed by atoms with Gasteiger partial charge in [-0.1, -0.05) is 26.2 Å². The maximum Gasteiger partial charge on any atom is 0.0164 e. The van der Waals surface area contributed by atoms with Crippen LogP contribution in [0.25, 0.3) is 0 Å². The van der Waals surface area contributed by atoms with E-state index < -0.39 is 0 Å². The van der Waals surface area contributed by atoms with E-state index in [1.807, 2.05) is 0 Å². The minimum atomic E-state index is 0.769. The summed E-state index contributed by atoms with van der Waals surface area (Å²) >= 11 is 0. The lowest BCUT2D eigenvalue weighted by atomic mass is 9.84. The van der Waals surface area contributed by atoms with Crippen molar-refractivity contribution in [2.24, 2.45) is 17.6 Å². The smallest absolute Gasteiger partial charge is 0.0164 e. The van der Waals surface area contributed by atoms with Crippen LogP contribution in [0.4, 0.5) is 0 Å². The van der Waals surface area contributed by atoms with Gasteiger partial charge in [0.1, 0.15) is 0 Å². The Kier molecular flexibility index (Phi) is 4.66. The van der Waals surface area contributed by atoms with Gasteiger partial charge >= 0.3 is 0 Å². The largest absolute Gasteiger partial charge is 0.330 e. The van der Waals surface area contributed by atoms with E-state index in [9.17, 15) is 0 Å². The van der Waals surface area contributed by atoms with Crippen molar-refractivity contribution >= 4 is 0 Å². The highest BCUT2D eigenvalue weighted by Crippen LogP contribution is 2.36.